The number of carbonyl (C=O) groups excluding carboxylic acids is 2. The molecule has 2 aromatic carbocycles. The fourth-order valence-electron chi connectivity index (χ4n) is 4.69. The Morgan fingerprint density at radius 1 is 1.13 bits per heavy atom. The fourth-order valence-corrected chi connectivity index (χ4v) is 4.69. The third-order valence-electron chi connectivity index (χ3n) is 6.20. The second kappa shape index (κ2) is 8.88. The van der Waals surface area contributed by atoms with Crippen LogP contribution in [0.3, 0.4) is 0 Å². The summed E-state index contributed by atoms with van der Waals surface area (Å²) in [7, 11) is 0. The van der Waals surface area contributed by atoms with Gasteiger partial charge in [0.25, 0.3) is 5.91 Å². The SMILES string of the molecule is Cc1cccc(NC(=O)N(CCO)C2CCc3ccccc32)c1C(=O)N1CCCC1. The van der Waals surface area contributed by atoms with Crippen molar-refractivity contribution in [1.29, 1.82) is 0 Å². The van der Waals surface area contributed by atoms with E-state index in [1.165, 1.54) is 5.56 Å². The Labute approximate surface area is 177 Å². The summed E-state index contributed by atoms with van der Waals surface area (Å²) < 4.78 is 0. The molecule has 0 aromatic heterocycles. The number of benzene rings is 2. The maximum absolute atomic E-state index is 13.3. The number of hydrogen-bond donors (Lipinski definition) is 2. The minimum atomic E-state index is -0.285. The Hall–Kier alpha value is -2.86. The first kappa shape index (κ1) is 20.4. The minimum absolute atomic E-state index is 0.0270. The van der Waals surface area contributed by atoms with E-state index in [9.17, 15) is 14.7 Å². The molecule has 6 nitrogen and oxygen atoms in total. The van der Waals surface area contributed by atoms with E-state index in [1.54, 1.807) is 11.0 Å². The lowest BCUT2D eigenvalue weighted by Gasteiger charge is -2.30. The van der Waals surface area contributed by atoms with Gasteiger partial charge in [0.1, 0.15) is 0 Å². The van der Waals surface area contributed by atoms with Crippen molar-refractivity contribution in [1.82, 2.24) is 9.80 Å². The van der Waals surface area contributed by atoms with E-state index in [0.29, 0.717) is 11.3 Å². The van der Waals surface area contributed by atoms with E-state index < -0.39 is 0 Å². The molecule has 6 heteroatoms. The lowest BCUT2D eigenvalue weighted by Crippen LogP contribution is -2.40. The zero-order valence-corrected chi connectivity index (χ0v) is 17.4. The summed E-state index contributed by atoms with van der Waals surface area (Å²) >= 11 is 0. The molecule has 1 aliphatic heterocycles. The largest absolute Gasteiger partial charge is 0.395 e. The Morgan fingerprint density at radius 3 is 2.67 bits per heavy atom. The third kappa shape index (κ3) is 3.92. The first-order valence-corrected chi connectivity index (χ1v) is 10.8. The highest BCUT2D eigenvalue weighted by molar-refractivity contribution is 6.04. The number of aliphatic hydroxyl groups excluding tert-OH is 1. The van der Waals surface area contributed by atoms with Crippen LogP contribution in [0.5, 0.6) is 0 Å². The van der Waals surface area contributed by atoms with Gasteiger partial charge in [-0.1, -0.05) is 36.4 Å². The molecule has 1 fully saturated rings. The summed E-state index contributed by atoms with van der Waals surface area (Å²) in [6.45, 7) is 3.55. The van der Waals surface area contributed by atoms with Crippen LogP contribution in [-0.2, 0) is 6.42 Å². The average molecular weight is 408 g/mol. The normalized spacial score (nSPS) is 17.7. The Kier molecular flexibility index (Phi) is 6.04. The molecule has 1 atom stereocenters. The van der Waals surface area contributed by atoms with Gasteiger partial charge in [-0.3, -0.25) is 4.79 Å². The van der Waals surface area contributed by atoms with Gasteiger partial charge in [-0.25, -0.2) is 4.79 Å². The summed E-state index contributed by atoms with van der Waals surface area (Å²) in [5, 5.41) is 12.6. The molecule has 1 aliphatic carbocycles. The second-order valence-corrected chi connectivity index (χ2v) is 8.10. The van der Waals surface area contributed by atoms with Crippen LogP contribution in [0.4, 0.5) is 10.5 Å². The van der Waals surface area contributed by atoms with E-state index in [1.807, 2.05) is 36.1 Å². The van der Waals surface area contributed by atoms with Gasteiger partial charge in [0.2, 0.25) is 0 Å². The standard InChI is InChI=1S/C24H29N3O3/c1-17-7-6-10-20(22(17)23(29)26-13-4-5-14-26)25-24(30)27(15-16-28)21-12-11-18-8-2-3-9-19(18)21/h2-3,6-10,21,28H,4-5,11-16H2,1H3,(H,25,30). The van der Waals surface area contributed by atoms with E-state index in [2.05, 4.69) is 17.4 Å². The van der Waals surface area contributed by atoms with Gasteiger partial charge in [0.15, 0.2) is 0 Å². The van der Waals surface area contributed by atoms with Gasteiger partial charge in [0, 0.05) is 19.6 Å². The predicted molar refractivity (Wildman–Crippen MR) is 117 cm³/mol. The number of hydrogen-bond acceptors (Lipinski definition) is 3. The molecule has 2 aliphatic rings. The number of amides is 3. The maximum Gasteiger partial charge on any atom is 0.322 e. The Morgan fingerprint density at radius 2 is 1.90 bits per heavy atom. The van der Waals surface area contributed by atoms with Crippen LogP contribution in [0.1, 0.15) is 52.4 Å². The summed E-state index contributed by atoms with van der Waals surface area (Å²) in [4.78, 5) is 29.9. The number of nitrogens with zero attached hydrogens (tertiary/aromatic N) is 2. The number of nitrogens with one attached hydrogen (secondary N) is 1. The first-order chi connectivity index (χ1) is 14.6. The second-order valence-electron chi connectivity index (χ2n) is 8.10. The Bertz CT molecular complexity index is 937. The van der Waals surface area contributed by atoms with Crippen LogP contribution in [-0.4, -0.2) is 53.1 Å². The van der Waals surface area contributed by atoms with E-state index in [0.717, 1.165) is 49.9 Å². The molecule has 3 amide bonds. The zero-order chi connectivity index (χ0) is 21.1. The zero-order valence-electron chi connectivity index (χ0n) is 17.4. The molecule has 0 spiro atoms. The van der Waals surface area contributed by atoms with Crippen molar-refractivity contribution >= 4 is 17.6 Å². The lowest BCUT2D eigenvalue weighted by molar-refractivity contribution is 0.0793. The summed E-state index contributed by atoms with van der Waals surface area (Å²) in [6, 6.07) is 13.3. The van der Waals surface area contributed by atoms with Crippen molar-refractivity contribution in [3.8, 4) is 0 Å². The molecule has 0 saturated carbocycles. The summed E-state index contributed by atoms with van der Waals surface area (Å²) in [6.07, 6.45) is 3.79. The lowest BCUT2D eigenvalue weighted by atomic mass is 10.0. The molecule has 0 bridgehead atoms. The van der Waals surface area contributed by atoms with Crippen molar-refractivity contribution in [2.45, 2.75) is 38.6 Å². The summed E-state index contributed by atoms with van der Waals surface area (Å²) in [5.74, 6) is -0.0270. The van der Waals surface area contributed by atoms with Crippen LogP contribution < -0.4 is 5.32 Å². The highest BCUT2D eigenvalue weighted by Crippen LogP contribution is 2.36. The smallest absolute Gasteiger partial charge is 0.322 e. The maximum atomic E-state index is 13.3. The van der Waals surface area contributed by atoms with Crippen LogP contribution in [0.15, 0.2) is 42.5 Å². The minimum Gasteiger partial charge on any atom is -0.395 e. The molecule has 1 unspecified atom stereocenters. The van der Waals surface area contributed by atoms with Crippen LogP contribution in [0, 0.1) is 6.92 Å². The van der Waals surface area contributed by atoms with Gasteiger partial charge in [0.05, 0.1) is 23.9 Å². The van der Waals surface area contributed by atoms with Crippen LogP contribution >= 0.6 is 0 Å². The molecule has 158 valence electrons. The molecule has 2 N–H and O–H groups in total. The van der Waals surface area contributed by atoms with Gasteiger partial charge >= 0.3 is 6.03 Å². The van der Waals surface area contributed by atoms with E-state index >= 15 is 0 Å². The summed E-state index contributed by atoms with van der Waals surface area (Å²) in [5.41, 5.74) is 4.33. The monoisotopic (exact) mass is 407 g/mol. The fraction of sp³-hybridized carbons (Fsp3) is 0.417. The topological polar surface area (TPSA) is 72.9 Å². The highest BCUT2D eigenvalue weighted by atomic mass is 16.3. The number of fused-ring (bicyclic) bond motifs is 1. The van der Waals surface area contributed by atoms with Crippen molar-refractivity contribution < 1.29 is 14.7 Å². The molecule has 4 rings (SSSR count). The van der Waals surface area contributed by atoms with Gasteiger partial charge < -0.3 is 20.2 Å². The number of likely N-dealkylation sites (tertiary alicyclic amines) is 1. The number of aryl methyl sites for hydroxylation is 2. The van der Waals surface area contributed by atoms with Gasteiger partial charge in [-0.2, -0.15) is 0 Å². The molecular formula is C24H29N3O3. The number of anilines is 1. The van der Waals surface area contributed by atoms with Crippen LogP contribution in [0.25, 0.3) is 0 Å². The van der Waals surface area contributed by atoms with Crippen molar-refractivity contribution in [3.05, 3.63) is 64.7 Å². The van der Waals surface area contributed by atoms with Crippen LogP contribution in [0.2, 0.25) is 0 Å². The predicted octanol–water partition coefficient (Wildman–Crippen LogP) is 3.74. The van der Waals surface area contributed by atoms with E-state index in [4.69, 9.17) is 0 Å². The molecule has 2 aromatic rings. The number of urea groups is 1. The Balaban J connectivity index is 1.59. The quantitative estimate of drug-likeness (QED) is 0.793. The highest BCUT2D eigenvalue weighted by Gasteiger charge is 2.31. The molecule has 0 radical (unpaired) electrons. The van der Waals surface area contributed by atoms with Gasteiger partial charge in [-0.15, -0.1) is 0 Å². The first-order valence-electron chi connectivity index (χ1n) is 10.8. The number of carbonyl (C=O) groups is 2. The van der Waals surface area contributed by atoms with Crippen molar-refractivity contribution in [3.63, 3.8) is 0 Å². The third-order valence-corrected chi connectivity index (χ3v) is 6.20. The molecule has 1 saturated heterocycles. The molecular weight excluding hydrogens is 378 g/mol. The van der Waals surface area contributed by atoms with Gasteiger partial charge in [-0.05, 0) is 55.4 Å². The molecule has 1 heterocycles. The van der Waals surface area contributed by atoms with Crippen molar-refractivity contribution in [2.24, 2.45) is 0 Å². The van der Waals surface area contributed by atoms with Crippen molar-refractivity contribution in [2.75, 3.05) is 31.6 Å². The van der Waals surface area contributed by atoms with E-state index in [-0.39, 0.29) is 31.1 Å². The number of rotatable bonds is 5. The molecule has 30 heavy (non-hydrogen) atoms. The average Bonchev–Trinajstić information content (AvgIpc) is 3.42. The number of aliphatic hydroxyl groups is 1.